The van der Waals surface area contributed by atoms with Crippen molar-refractivity contribution in [1.82, 2.24) is 4.98 Å². The molecule has 0 saturated carbocycles. The molecule has 114 valence electrons. The van der Waals surface area contributed by atoms with Crippen molar-refractivity contribution < 1.29 is 9.47 Å². The molecule has 1 aromatic rings. The summed E-state index contributed by atoms with van der Waals surface area (Å²) in [6.07, 6.45) is 0.957. The fourth-order valence-electron chi connectivity index (χ4n) is 2.28. The normalized spacial score (nSPS) is 10.8. The standard InChI is InChI=1S/C15H27N3O2/c1-12-10-13(2)17-15(14(12)11-16)18(7-9-20-4)6-5-8-19-3/h10H,5-9,11,16H2,1-4H3. The second-order valence-corrected chi connectivity index (χ2v) is 4.91. The molecule has 0 aliphatic rings. The van der Waals surface area contributed by atoms with Gasteiger partial charge in [0.05, 0.1) is 6.61 Å². The first-order valence-corrected chi connectivity index (χ1v) is 7.04. The highest BCUT2D eigenvalue weighted by Gasteiger charge is 2.14. The van der Waals surface area contributed by atoms with E-state index in [4.69, 9.17) is 15.2 Å². The molecule has 5 heteroatoms. The predicted molar refractivity (Wildman–Crippen MR) is 82.2 cm³/mol. The molecule has 0 spiro atoms. The van der Waals surface area contributed by atoms with Crippen LogP contribution >= 0.6 is 0 Å². The van der Waals surface area contributed by atoms with Crippen LogP contribution in [0.2, 0.25) is 0 Å². The van der Waals surface area contributed by atoms with Crippen LogP contribution in [0, 0.1) is 13.8 Å². The topological polar surface area (TPSA) is 60.6 Å². The monoisotopic (exact) mass is 281 g/mol. The fourth-order valence-corrected chi connectivity index (χ4v) is 2.28. The Kier molecular flexibility index (Phi) is 7.51. The maximum absolute atomic E-state index is 5.90. The number of hydrogen-bond donors (Lipinski definition) is 1. The van der Waals surface area contributed by atoms with E-state index >= 15 is 0 Å². The molecule has 0 bridgehead atoms. The zero-order valence-electron chi connectivity index (χ0n) is 13.1. The first-order valence-electron chi connectivity index (χ1n) is 7.04. The zero-order chi connectivity index (χ0) is 15.0. The molecule has 1 rings (SSSR count). The summed E-state index contributed by atoms with van der Waals surface area (Å²) in [6.45, 7) is 7.72. The van der Waals surface area contributed by atoms with E-state index in [0.29, 0.717) is 13.2 Å². The molecule has 0 saturated heterocycles. The van der Waals surface area contributed by atoms with Crippen LogP contribution in [0.5, 0.6) is 0 Å². The van der Waals surface area contributed by atoms with Crippen LogP contribution in [0.3, 0.4) is 0 Å². The fraction of sp³-hybridized carbons (Fsp3) is 0.667. The smallest absolute Gasteiger partial charge is 0.133 e. The van der Waals surface area contributed by atoms with Gasteiger partial charge in [0, 0.05) is 51.7 Å². The van der Waals surface area contributed by atoms with E-state index in [9.17, 15) is 0 Å². The van der Waals surface area contributed by atoms with Crippen LogP contribution in [0.15, 0.2) is 6.07 Å². The molecule has 0 amide bonds. The molecule has 0 fully saturated rings. The van der Waals surface area contributed by atoms with Gasteiger partial charge < -0.3 is 20.1 Å². The number of ether oxygens (including phenoxy) is 2. The lowest BCUT2D eigenvalue weighted by Crippen LogP contribution is -2.31. The molecular weight excluding hydrogens is 254 g/mol. The molecule has 0 radical (unpaired) electrons. The van der Waals surface area contributed by atoms with Gasteiger partial charge in [0.15, 0.2) is 0 Å². The average Bonchev–Trinajstić information content (AvgIpc) is 2.42. The van der Waals surface area contributed by atoms with E-state index in [0.717, 1.165) is 43.2 Å². The van der Waals surface area contributed by atoms with Gasteiger partial charge in [-0.25, -0.2) is 4.98 Å². The Bertz CT molecular complexity index is 410. The molecule has 1 aromatic heterocycles. The van der Waals surface area contributed by atoms with Crippen molar-refractivity contribution in [3.63, 3.8) is 0 Å². The lowest BCUT2D eigenvalue weighted by molar-refractivity contribution is 0.191. The minimum atomic E-state index is 0.502. The first-order chi connectivity index (χ1) is 9.63. The minimum Gasteiger partial charge on any atom is -0.385 e. The third kappa shape index (κ3) is 4.74. The van der Waals surface area contributed by atoms with Gasteiger partial charge in [-0.2, -0.15) is 0 Å². The number of anilines is 1. The molecular formula is C15H27N3O2. The largest absolute Gasteiger partial charge is 0.385 e. The van der Waals surface area contributed by atoms with E-state index in [1.807, 2.05) is 6.92 Å². The van der Waals surface area contributed by atoms with E-state index < -0.39 is 0 Å². The van der Waals surface area contributed by atoms with Crippen LogP contribution in [0.1, 0.15) is 23.2 Å². The van der Waals surface area contributed by atoms with Crippen molar-refractivity contribution in [2.24, 2.45) is 5.73 Å². The maximum atomic E-state index is 5.90. The molecule has 0 atom stereocenters. The summed E-state index contributed by atoms with van der Waals surface area (Å²) in [7, 11) is 3.44. The molecule has 0 aliphatic heterocycles. The van der Waals surface area contributed by atoms with Gasteiger partial charge in [0.1, 0.15) is 5.82 Å². The minimum absolute atomic E-state index is 0.502. The molecule has 0 aliphatic carbocycles. The summed E-state index contributed by atoms with van der Waals surface area (Å²) in [6, 6.07) is 2.08. The summed E-state index contributed by atoms with van der Waals surface area (Å²) in [5, 5.41) is 0. The number of nitrogens with two attached hydrogens (primary N) is 1. The Morgan fingerprint density at radius 1 is 1.15 bits per heavy atom. The van der Waals surface area contributed by atoms with Gasteiger partial charge in [0.25, 0.3) is 0 Å². The Hall–Kier alpha value is -1.17. The van der Waals surface area contributed by atoms with E-state index in [1.54, 1.807) is 14.2 Å². The number of aromatic nitrogens is 1. The van der Waals surface area contributed by atoms with Crippen LogP contribution in [0.25, 0.3) is 0 Å². The highest BCUT2D eigenvalue weighted by molar-refractivity contribution is 5.51. The second-order valence-electron chi connectivity index (χ2n) is 4.91. The lowest BCUT2D eigenvalue weighted by atomic mass is 10.1. The van der Waals surface area contributed by atoms with Gasteiger partial charge in [0.2, 0.25) is 0 Å². The average molecular weight is 281 g/mol. The summed E-state index contributed by atoms with van der Waals surface area (Å²) < 4.78 is 10.3. The van der Waals surface area contributed by atoms with Crippen molar-refractivity contribution >= 4 is 5.82 Å². The van der Waals surface area contributed by atoms with Gasteiger partial charge in [-0.1, -0.05) is 0 Å². The number of nitrogens with zero attached hydrogens (tertiary/aromatic N) is 2. The Labute approximate surface area is 122 Å². The maximum Gasteiger partial charge on any atom is 0.133 e. The highest BCUT2D eigenvalue weighted by Crippen LogP contribution is 2.22. The third-order valence-corrected chi connectivity index (χ3v) is 3.30. The second kappa shape index (κ2) is 8.89. The Morgan fingerprint density at radius 2 is 1.85 bits per heavy atom. The number of pyridine rings is 1. The van der Waals surface area contributed by atoms with Gasteiger partial charge in [-0.15, -0.1) is 0 Å². The van der Waals surface area contributed by atoms with Gasteiger partial charge in [-0.05, 0) is 31.9 Å². The van der Waals surface area contributed by atoms with Crippen LogP contribution in [0.4, 0.5) is 5.82 Å². The molecule has 0 aromatic carbocycles. The van der Waals surface area contributed by atoms with E-state index in [-0.39, 0.29) is 0 Å². The highest BCUT2D eigenvalue weighted by atomic mass is 16.5. The van der Waals surface area contributed by atoms with Crippen molar-refractivity contribution in [2.75, 3.05) is 45.4 Å². The third-order valence-electron chi connectivity index (χ3n) is 3.30. The van der Waals surface area contributed by atoms with E-state index in [2.05, 4.69) is 22.9 Å². The number of aryl methyl sites for hydroxylation is 2. The summed E-state index contributed by atoms with van der Waals surface area (Å²) in [4.78, 5) is 6.93. The van der Waals surface area contributed by atoms with E-state index in [1.165, 1.54) is 5.56 Å². The Balaban J connectivity index is 2.98. The summed E-state index contributed by atoms with van der Waals surface area (Å²) >= 11 is 0. The lowest BCUT2D eigenvalue weighted by Gasteiger charge is -2.26. The number of hydrogen-bond acceptors (Lipinski definition) is 5. The van der Waals surface area contributed by atoms with Crippen LogP contribution < -0.4 is 10.6 Å². The Morgan fingerprint density at radius 3 is 2.45 bits per heavy atom. The molecule has 5 nitrogen and oxygen atoms in total. The first kappa shape index (κ1) is 16.9. The van der Waals surface area contributed by atoms with Gasteiger partial charge >= 0.3 is 0 Å². The van der Waals surface area contributed by atoms with Crippen LogP contribution in [-0.4, -0.2) is 45.5 Å². The summed E-state index contributed by atoms with van der Waals surface area (Å²) in [5.74, 6) is 0.984. The molecule has 20 heavy (non-hydrogen) atoms. The van der Waals surface area contributed by atoms with Crippen molar-refractivity contribution in [1.29, 1.82) is 0 Å². The zero-order valence-corrected chi connectivity index (χ0v) is 13.1. The summed E-state index contributed by atoms with van der Waals surface area (Å²) in [5.41, 5.74) is 9.23. The number of methoxy groups -OCH3 is 2. The quantitative estimate of drug-likeness (QED) is 0.697. The SMILES string of the molecule is COCCCN(CCOC)c1nc(C)cc(C)c1CN. The predicted octanol–water partition coefficient (Wildman–Crippen LogP) is 1.65. The van der Waals surface area contributed by atoms with Gasteiger partial charge in [-0.3, -0.25) is 0 Å². The van der Waals surface area contributed by atoms with Crippen molar-refractivity contribution in [3.05, 3.63) is 22.9 Å². The molecule has 2 N–H and O–H groups in total. The molecule has 0 unspecified atom stereocenters. The number of rotatable bonds is 9. The van der Waals surface area contributed by atoms with Crippen molar-refractivity contribution in [2.45, 2.75) is 26.8 Å². The molecule has 1 heterocycles. The van der Waals surface area contributed by atoms with Crippen LogP contribution in [-0.2, 0) is 16.0 Å². The van der Waals surface area contributed by atoms with Crippen molar-refractivity contribution in [3.8, 4) is 0 Å².